The van der Waals surface area contributed by atoms with Gasteiger partial charge in [0, 0.05) is 34.3 Å². The molecule has 112 valence electrons. The summed E-state index contributed by atoms with van der Waals surface area (Å²) in [6.07, 6.45) is 0.993. The first-order chi connectivity index (χ1) is 9.94. The third-order valence-corrected chi connectivity index (χ3v) is 5.27. The first-order valence-electron chi connectivity index (χ1n) is 7.52. The lowest BCUT2D eigenvalue weighted by molar-refractivity contribution is 0.0658. The zero-order valence-corrected chi connectivity index (χ0v) is 14.0. The Morgan fingerprint density at radius 1 is 1.29 bits per heavy atom. The maximum absolute atomic E-state index is 6.09. The van der Waals surface area contributed by atoms with Gasteiger partial charge in [-0.1, -0.05) is 18.2 Å². The number of rotatable bonds is 3. The predicted molar refractivity (Wildman–Crippen MR) is 89.1 cm³/mol. The van der Waals surface area contributed by atoms with Crippen molar-refractivity contribution >= 4 is 11.3 Å². The van der Waals surface area contributed by atoms with E-state index in [2.05, 4.69) is 57.3 Å². The van der Waals surface area contributed by atoms with Crippen molar-refractivity contribution in [3.63, 3.8) is 0 Å². The van der Waals surface area contributed by atoms with Gasteiger partial charge in [-0.2, -0.15) is 0 Å². The molecule has 0 radical (unpaired) electrons. The highest BCUT2D eigenvalue weighted by Crippen LogP contribution is 2.39. The van der Waals surface area contributed by atoms with Crippen LogP contribution in [-0.4, -0.2) is 5.60 Å². The van der Waals surface area contributed by atoms with Crippen LogP contribution < -0.4 is 10.1 Å². The summed E-state index contributed by atoms with van der Waals surface area (Å²) in [6.45, 7) is 9.63. The smallest absolute Gasteiger partial charge is 0.124 e. The van der Waals surface area contributed by atoms with Crippen molar-refractivity contribution in [3.05, 3.63) is 51.2 Å². The number of hydrogen-bond donors (Lipinski definition) is 1. The van der Waals surface area contributed by atoms with Gasteiger partial charge in [0.05, 0.1) is 0 Å². The minimum Gasteiger partial charge on any atom is -0.487 e. The van der Waals surface area contributed by atoms with Crippen LogP contribution in [0.4, 0.5) is 0 Å². The topological polar surface area (TPSA) is 21.3 Å². The average Bonchev–Trinajstić information content (AvgIpc) is 2.74. The lowest BCUT2D eigenvalue weighted by Crippen LogP contribution is -2.39. The number of benzene rings is 1. The number of hydrogen-bond acceptors (Lipinski definition) is 3. The van der Waals surface area contributed by atoms with Gasteiger partial charge in [0.25, 0.3) is 0 Å². The Labute approximate surface area is 131 Å². The summed E-state index contributed by atoms with van der Waals surface area (Å²) in [5.41, 5.74) is 2.55. The lowest BCUT2D eigenvalue weighted by Gasteiger charge is -2.38. The first-order valence-corrected chi connectivity index (χ1v) is 8.33. The van der Waals surface area contributed by atoms with Crippen LogP contribution in [0.3, 0.4) is 0 Å². The number of para-hydroxylation sites is 1. The molecule has 3 heteroatoms. The Kier molecular flexibility index (Phi) is 3.80. The molecule has 21 heavy (non-hydrogen) atoms. The molecule has 0 fully saturated rings. The van der Waals surface area contributed by atoms with Crippen LogP contribution >= 0.6 is 11.3 Å². The number of fused-ring (bicyclic) bond motifs is 1. The van der Waals surface area contributed by atoms with Crippen LogP contribution in [0, 0.1) is 13.8 Å². The maximum atomic E-state index is 6.09. The molecule has 0 amide bonds. The highest BCUT2D eigenvalue weighted by molar-refractivity contribution is 7.12. The van der Waals surface area contributed by atoms with E-state index in [4.69, 9.17) is 4.74 Å². The second-order valence-corrected chi connectivity index (χ2v) is 7.83. The standard InChI is InChI=1S/C18H23NOS/c1-12-9-14(21-13(12)2)11-19-16-10-18(3,4)20-17-8-6-5-7-15(16)17/h5-9,16,19H,10-11H2,1-4H3. The van der Waals surface area contributed by atoms with Crippen molar-refractivity contribution in [1.82, 2.24) is 5.32 Å². The molecule has 0 aliphatic carbocycles. The Morgan fingerprint density at radius 3 is 2.76 bits per heavy atom. The van der Waals surface area contributed by atoms with Crippen molar-refractivity contribution < 1.29 is 4.74 Å². The summed E-state index contributed by atoms with van der Waals surface area (Å²) in [4.78, 5) is 2.83. The van der Waals surface area contributed by atoms with Gasteiger partial charge in [0.2, 0.25) is 0 Å². The van der Waals surface area contributed by atoms with Crippen LogP contribution in [-0.2, 0) is 6.54 Å². The van der Waals surface area contributed by atoms with Crippen LogP contribution in [0.1, 0.15) is 47.2 Å². The molecule has 1 aromatic carbocycles. The third-order valence-electron chi connectivity index (χ3n) is 4.12. The Bertz CT molecular complexity index is 625. The fraction of sp³-hybridized carbons (Fsp3) is 0.444. The molecule has 2 heterocycles. The van der Waals surface area contributed by atoms with Gasteiger partial charge in [-0.25, -0.2) is 0 Å². The quantitative estimate of drug-likeness (QED) is 0.882. The average molecular weight is 301 g/mol. The van der Waals surface area contributed by atoms with Gasteiger partial charge < -0.3 is 10.1 Å². The van der Waals surface area contributed by atoms with Crippen molar-refractivity contribution in [2.45, 2.75) is 52.3 Å². The van der Waals surface area contributed by atoms with Gasteiger partial charge in [-0.15, -0.1) is 11.3 Å². The lowest BCUT2D eigenvalue weighted by atomic mass is 9.90. The van der Waals surface area contributed by atoms with E-state index >= 15 is 0 Å². The molecule has 1 aliphatic rings. The number of thiophene rings is 1. The van der Waals surface area contributed by atoms with Crippen molar-refractivity contribution in [2.24, 2.45) is 0 Å². The maximum Gasteiger partial charge on any atom is 0.124 e. The summed E-state index contributed by atoms with van der Waals surface area (Å²) in [7, 11) is 0. The van der Waals surface area contributed by atoms with E-state index in [-0.39, 0.29) is 5.60 Å². The molecule has 1 unspecified atom stereocenters. The first kappa shape index (κ1) is 14.6. The highest BCUT2D eigenvalue weighted by atomic mass is 32.1. The number of nitrogens with one attached hydrogen (secondary N) is 1. The van der Waals surface area contributed by atoms with Gasteiger partial charge >= 0.3 is 0 Å². The molecular formula is C18H23NOS. The van der Waals surface area contributed by atoms with E-state index < -0.39 is 0 Å². The number of ether oxygens (including phenoxy) is 1. The predicted octanol–water partition coefficient (Wildman–Crippen LogP) is 4.76. The zero-order chi connectivity index (χ0) is 15.0. The minimum absolute atomic E-state index is 0.118. The van der Waals surface area contributed by atoms with E-state index in [0.717, 1.165) is 18.7 Å². The van der Waals surface area contributed by atoms with Crippen LogP contribution in [0.5, 0.6) is 5.75 Å². The molecule has 0 saturated heterocycles. The van der Waals surface area contributed by atoms with Gasteiger partial charge in [0.1, 0.15) is 11.4 Å². The molecule has 2 aromatic rings. The zero-order valence-electron chi connectivity index (χ0n) is 13.2. The molecule has 3 rings (SSSR count). The fourth-order valence-corrected chi connectivity index (χ4v) is 3.95. The van der Waals surface area contributed by atoms with Crippen LogP contribution in [0.2, 0.25) is 0 Å². The summed E-state index contributed by atoms with van der Waals surface area (Å²) >= 11 is 1.89. The molecule has 1 aromatic heterocycles. The Balaban J connectivity index is 1.78. The van der Waals surface area contributed by atoms with Crippen molar-refractivity contribution in [3.8, 4) is 5.75 Å². The molecular weight excluding hydrogens is 278 g/mol. The van der Waals surface area contributed by atoms with Crippen LogP contribution in [0.25, 0.3) is 0 Å². The van der Waals surface area contributed by atoms with Gasteiger partial charge in [-0.05, 0) is 45.4 Å². The summed E-state index contributed by atoms with van der Waals surface area (Å²) in [6, 6.07) is 11.0. The van der Waals surface area contributed by atoms with Crippen LogP contribution in [0.15, 0.2) is 30.3 Å². The molecule has 2 nitrogen and oxygen atoms in total. The molecule has 1 N–H and O–H groups in total. The number of aryl methyl sites for hydroxylation is 2. The monoisotopic (exact) mass is 301 g/mol. The Morgan fingerprint density at radius 2 is 2.05 bits per heavy atom. The minimum atomic E-state index is -0.118. The molecule has 0 saturated carbocycles. The summed E-state index contributed by atoms with van der Waals surface area (Å²) < 4.78 is 6.09. The second kappa shape index (κ2) is 5.47. The van der Waals surface area contributed by atoms with Gasteiger partial charge in [0.15, 0.2) is 0 Å². The second-order valence-electron chi connectivity index (χ2n) is 6.49. The van der Waals surface area contributed by atoms with E-state index in [1.54, 1.807) is 0 Å². The van der Waals surface area contributed by atoms with E-state index in [9.17, 15) is 0 Å². The normalized spacial score (nSPS) is 19.9. The van der Waals surface area contributed by atoms with Gasteiger partial charge in [-0.3, -0.25) is 0 Å². The van der Waals surface area contributed by atoms with E-state index in [1.807, 2.05) is 17.4 Å². The molecule has 1 aliphatic heterocycles. The third kappa shape index (κ3) is 3.14. The summed E-state index contributed by atoms with van der Waals surface area (Å²) in [5.74, 6) is 1.02. The Hall–Kier alpha value is -1.32. The summed E-state index contributed by atoms with van der Waals surface area (Å²) in [5, 5.41) is 3.72. The fourth-order valence-electron chi connectivity index (χ4n) is 2.94. The van der Waals surface area contributed by atoms with E-state index in [1.165, 1.54) is 20.9 Å². The van der Waals surface area contributed by atoms with Crippen molar-refractivity contribution in [2.75, 3.05) is 0 Å². The molecule has 0 spiro atoms. The largest absolute Gasteiger partial charge is 0.487 e. The molecule has 1 atom stereocenters. The highest BCUT2D eigenvalue weighted by Gasteiger charge is 2.33. The van der Waals surface area contributed by atoms with E-state index in [0.29, 0.717) is 6.04 Å². The SMILES string of the molecule is Cc1cc(CNC2CC(C)(C)Oc3ccccc32)sc1C. The van der Waals surface area contributed by atoms with Crippen molar-refractivity contribution in [1.29, 1.82) is 0 Å². The molecule has 0 bridgehead atoms.